The minimum atomic E-state index is -0.680. The predicted octanol–water partition coefficient (Wildman–Crippen LogP) is 3.64. The number of hydrogen-bond donors (Lipinski definition) is 1. The highest BCUT2D eigenvalue weighted by molar-refractivity contribution is 5.89. The fourth-order valence-electron chi connectivity index (χ4n) is 1.90. The highest BCUT2D eigenvalue weighted by Gasteiger charge is 2.12. The quantitative estimate of drug-likeness (QED) is 0.937. The predicted molar refractivity (Wildman–Crippen MR) is 79.8 cm³/mol. The Bertz CT molecular complexity index is 677. The van der Waals surface area contributed by atoms with Crippen LogP contribution in [0.15, 0.2) is 42.5 Å². The van der Waals surface area contributed by atoms with Crippen LogP contribution in [0.4, 0.5) is 19.3 Å². The van der Waals surface area contributed by atoms with E-state index in [1.54, 1.807) is 24.3 Å². The molecule has 2 aromatic carbocycles. The normalized spacial score (nSPS) is 10.2. The second-order valence-electron chi connectivity index (χ2n) is 4.75. The molecule has 116 valence electrons. The molecule has 0 heterocycles. The number of anilines is 1. The molecular weight excluding hydrogens is 290 g/mol. The summed E-state index contributed by atoms with van der Waals surface area (Å²) in [6, 6.07) is 9.75. The van der Waals surface area contributed by atoms with Gasteiger partial charge in [0.1, 0.15) is 17.4 Å². The lowest BCUT2D eigenvalue weighted by atomic mass is 10.2. The summed E-state index contributed by atoms with van der Waals surface area (Å²) in [6.45, 7) is 0.0297. The minimum absolute atomic E-state index is 0.0297. The maximum atomic E-state index is 13.6. The monoisotopic (exact) mass is 306 g/mol. The number of ether oxygens (including phenoxy) is 1. The molecule has 6 heteroatoms. The Hall–Kier alpha value is -2.63. The van der Waals surface area contributed by atoms with Crippen molar-refractivity contribution in [2.24, 2.45) is 0 Å². The van der Waals surface area contributed by atoms with E-state index in [9.17, 15) is 13.6 Å². The molecule has 0 fully saturated rings. The molecule has 1 N–H and O–H groups in total. The second kappa shape index (κ2) is 6.89. The minimum Gasteiger partial charge on any atom is -0.497 e. The Labute approximate surface area is 127 Å². The van der Waals surface area contributed by atoms with Gasteiger partial charge < -0.3 is 15.0 Å². The molecule has 0 aliphatic carbocycles. The molecule has 0 unspecified atom stereocenters. The van der Waals surface area contributed by atoms with Gasteiger partial charge in [-0.1, -0.05) is 12.1 Å². The summed E-state index contributed by atoms with van der Waals surface area (Å²) in [5, 5.41) is 2.68. The molecule has 4 nitrogen and oxygen atoms in total. The van der Waals surface area contributed by atoms with Crippen molar-refractivity contribution in [3.05, 3.63) is 59.7 Å². The number of amides is 2. The maximum Gasteiger partial charge on any atom is 0.321 e. The number of benzene rings is 2. The first kappa shape index (κ1) is 15.8. The van der Waals surface area contributed by atoms with Crippen molar-refractivity contribution >= 4 is 11.7 Å². The van der Waals surface area contributed by atoms with Crippen molar-refractivity contribution in [3.63, 3.8) is 0 Å². The van der Waals surface area contributed by atoms with E-state index >= 15 is 0 Å². The molecule has 2 aromatic rings. The number of methoxy groups -OCH3 is 1. The third kappa shape index (κ3) is 3.94. The van der Waals surface area contributed by atoms with Crippen molar-refractivity contribution in [1.29, 1.82) is 0 Å². The molecular formula is C16H16F2N2O2. The number of urea groups is 1. The largest absolute Gasteiger partial charge is 0.497 e. The highest BCUT2D eigenvalue weighted by Crippen LogP contribution is 2.17. The standard InChI is InChI=1S/C16H16F2N2O2/c1-20(10-11-6-7-12(17)8-15(11)18)16(21)19-13-4-3-5-14(9-13)22-2/h3-9H,10H2,1-2H3,(H,19,21). The molecule has 0 atom stereocenters. The zero-order chi connectivity index (χ0) is 16.1. The van der Waals surface area contributed by atoms with Gasteiger partial charge >= 0.3 is 6.03 Å². The Kier molecular flexibility index (Phi) is 4.93. The van der Waals surface area contributed by atoms with Gasteiger partial charge in [0, 0.05) is 37.0 Å². The van der Waals surface area contributed by atoms with Crippen LogP contribution >= 0.6 is 0 Å². The van der Waals surface area contributed by atoms with Crippen molar-refractivity contribution in [2.45, 2.75) is 6.54 Å². The van der Waals surface area contributed by atoms with E-state index in [0.717, 1.165) is 12.1 Å². The number of halogens is 2. The van der Waals surface area contributed by atoms with Gasteiger partial charge in [-0.05, 0) is 18.2 Å². The number of rotatable bonds is 4. The van der Waals surface area contributed by atoms with Gasteiger partial charge in [-0.15, -0.1) is 0 Å². The van der Waals surface area contributed by atoms with Crippen molar-refractivity contribution in [3.8, 4) is 5.75 Å². The number of nitrogens with one attached hydrogen (secondary N) is 1. The molecule has 0 saturated heterocycles. The maximum absolute atomic E-state index is 13.6. The molecule has 2 amide bonds. The van der Waals surface area contributed by atoms with Gasteiger partial charge in [0.2, 0.25) is 0 Å². The van der Waals surface area contributed by atoms with Gasteiger partial charge in [-0.2, -0.15) is 0 Å². The van der Waals surface area contributed by atoms with Crippen LogP contribution in [0.1, 0.15) is 5.56 Å². The van der Waals surface area contributed by atoms with Crippen LogP contribution in [0.5, 0.6) is 5.75 Å². The third-order valence-corrected chi connectivity index (χ3v) is 3.09. The third-order valence-electron chi connectivity index (χ3n) is 3.09. The van der Waals surface area contributed by atoms with Crippen LogP contribution in [0, 0.1) is 11.6 Å². The molecule has 0 bridgehead atoms. The van der Waals surface area contributed by atoms with E-state index in [-0.39, 0.29) is 12.1 Å². The summed E-state index contributed by atoms with van der Waals surface area (Å²) in [6.07, 6.45) is 0. The summed E-state index contributed by atoms with van der Waals surface area (Å²) < 4.78 is 31.5. The lowest BCUT2D eigenvalue weighted by Crippen LogP contribution is -2.31. The SMILES string of the molecule is COc1cccc(NC(=O)N(C)Cc2ccc(F)cc2F)c1. The van der Waals surface area contributed by atoms with E-state index in [0.29, 0.717) is 11.4 Å². The Morgan fingerprint density at radius 1 is 1.23 bits per heavy atom. The average Bonchev–Trinajstić information content (AvgIpc) is 2.50. The van der Waals surface area contributed by atoms with Crippen LogP contribution in [0.25, 0.3) is 0 Å². The number of carbonyl (C=O) groups excluding carboxylic acids is 1. The zero-order valence-corrected chi connectivity index (χ0v) is 12.3. The lowest BCUT2D eigenvalue weighted by molar-refractivity contribution is 0.220. The summed E-state index contributed by atoms with van der Waals surface area (Å²) in [5.41, 5.74) is 0.806. The Morgan fingerprint density at radius 3 is 2.68 bits per heavy atom. The van der Waals surface area contributed by atoms with E-state index < -0.39 is 17.7 Å². The number of nitrogens with zero attached hydrogens (tertiary/aromatic N) is 1. The first-order valence-corrected chi connectivity index (χ1v) is 6.59. The number of hydrogen-bond acceptors (Lipinski definition) is 2. The molecule has 0 spiro atoms. The first-order valence-electron chi connectivity index (χ1n) is 6.59. The summed E-state index contributed by atoms with van der Waals surface area (Å²) in [7, 11) is 3.06. The average molecular weight is 306 g/mol. The fourth-order valence-corrected chi connectivity index (χ4v) is 1.90. The van der Waals surface area contributed by atoms with E-state index in [2.05, 4.69) is 5.32 Å². The Balaban J connectivity index is 2.02. The van der Waals surface area contributed by atoms with Gasteiger partial charge in [0.25, 0.3) is 0 Å². The smallest absolute Gasteiger partial charge is 0.321 e. The molecule has 22 heavy (non-hydrogen) atoms. The Morgan fingerprint density at radius 2 is 2.00 bits per heavy atom. The van der Waals surface area contributed by atoms with Crippen LogP contribution in [0.2, 0.25) is 0 Å². The van der Waals surface area contributed by atoms with Gasteiger partial charge in [0.05, 0.1) is 7.11 Å². The second-order valence-corrected chi connectivity index (χ2v) is 4.75. The highest BCUT2D eigenvalue weighted by atomic mass is 19.1. The van der Waals surface area contributed by atoms with Crippen LogP contribution in [-0.2, 0) is 6.54 Å². The first-order chi connectivity index (χ1) is 10.5. The van der Waals surface area contributed by atoms with Gasteiger partial charge in [-0.25, -0.2) is 13.6 Å². The van der Waals surface area contributed by atoms with Crippen LogP contribution in [-0.4, -0.2) is 25.1 Å². The van der Waals surface area contributed by atoms with Gasteiger partial charge in [-0.3, -0.25) is 0 Å². The fraction of sp³-hybridized carbons (Fsp3) is 0.188. The van der Waals surface area contributed by atoms with Gasteiger partial charge in [0.15, 0.2) is 0 Å². The molecule has 2 rings (SSSR count). The van der Waals surface area contributed by atoms with Crippen LogP contribution in [0.3, 0.4) is 0 Å². The number of carbonyl (C=O) groups is 1. The lowest BCUT2D eigenvalue weighted by Gasteiger charge is -2.18. The zero-order valence-electron chi connectivity index (χ0n) is 12.3. The molecule has 0 aliphatic rings. The van der Waals surface area contributed by atoms with Crippen LogP contribution < -0.4 is 10.1 Å². The summed E-state index contributed by atoms with van der Waals surface area (Å²) >= 11 is 0. The van der Waals surface area contributed by atoms with E-state index in [4.69, 9.17) is 4.74 Å². The molecule has 0 aromatic heterocycles. The van der Waals surface area contributed by atoms with Crippen molar-refractivity contribution in [1.82, 2.24) is 4.90 Å². The summed E-state index contributed by atoms with van der Waals surface area (Å²) in [4.78, 5) is 13.4. The molecule has 0 saturated carbocycles. The van der Waals surface area contributed by atoms with E-state index in [1.807, 2.05) is 0 Å². The summed E-state index contributed by atoms with van der Waals surface area (Å²) in [5.74, 6) is -0.712. The molecule has 0 radical (unpaired) electrons. The van der Waals surface area contributed by atoms with Crippen molar-refractivity contribution < 1.29 is 18.3 Å². The van der Waals surface area contributed by atoms with E-state index in [1.165, 1.54) is 25.1 Å². The molecule has 0 aliphatic heterocycles. The topological polar surface area (TPSA) is 41.6 Å². The van der Waals surface area contributed by atoms with Crippen molar-refractivity contribution in [2.75, 3.05) is 19.5 Å².